The zero-order valence-corrected chi connectivity index (χ0v) is 8.49. The van der Waals surface area contributed by atoms with Crippen LogP contribution in [0.25, 0.3) is 0 Å². The summed E-state index contributed by atoms with van der Waals surface area (Å²) in [5.74, 6) is 4.24. The topological polar surface area (TPSA) is 52.3 Å². The second kappa shape index (κ2) is 4.77. The van der Waals surface area contributed by atoms with Gasteiger partial charge in [-0.05, 0) is 18.9 Å². The minimum atomic E-state index is -0.370. The summed E-state index contributed by atoms with van der Waals surface area (Å²) < 4.78 is 0. The molecule has 2 N–H and O–H groups in total. The molecule has 0 heterocycles. The highest BCUT2D eigenvalue weighted by Gasteiger charge is 2.13. The van der Waals surface area contributed by atoms with Gasteiger partial charge < -0.3 is 4.84 Å². The van der Waals surface area contributed by atoms with Crippen molar-refractivity contribution in [3.8, 4) is 0 Å². The summed E-state index contributed by atoms with van der Waals surface area (Å²) in [5.41, 5.74) is 2.33. The van der Waals surface area contributed by atoms with E-state index in [-0.39, 0.29) is 11.9 Å². The van der Waals surface area contributed by atoms with Gasteiger partial charge in [0.15, 0.2) is 0 Å². The summed E-state index contributed by atoms with van der Waals surface area (Å²) in [4.78, 5) is 15.2. The van der Waals surface area contributed by atoms with Crippen molar-refractivity contribution in [1.82, 2.24) is 0 Å². The molecule has 1 rings (SSSR count). The lowest BCUT2D eigenvalue weighted by atomic mass is 10.0. The Balaban J connectivity index is 2.60. The lowest BCUT2D eigenvalue weighted by molar-refractivity contribution is -0.148. The van der Waals surface area contributed by atoms with Crippen molar-refractivity contribution >= 4 is 5.97 Å². The van der Waals surface area contributed by atoms with E-state index in [2.05, 4.69) is 4.84 Å². The summed E-state index contributed by atoms with van der Waals surface area (Å²) in [6, 6.07) is 8.07. The van der Waals surface area contributed by atoms with Gasteiger partial charge in [0.1, 0.15) is 0 Å². The summed E-state index contributed by atoms with van der Waals surface area (Å²) in [6.45, 7) is 3.83. The van der Waals surface area contributed by atoms with E-state index in [1.807, 2.05) is 31.2 Å². The maximum absolute atomic E-state index is 11.0. The van der Waals surface area contributed by atoms with Gasteiger partial charge in [0.2, 0.25) is 0 Å². The van der Waals surface area contributed by atoms with Crippen LogP contribution in [0.4, 0.5) is 0 Å². The standard InChI is InChI=1S/C11H15NO2/c1-8-3-5-10(6-4-8)7-9(2)11(13)14-12/h3-6,9H,7,12H2,1-2H3. The van der Waals surface area contributed by atoms with Crippen LogP contribution < -0.4 is 5.90 Å². The predicted molar refractivity (Wildman–Crippen MR) is 54.3 cm³/mol. The maximum Gasteiger partial charge on any atom is 0.327 e. The molecule has 1 atom stereocenters. The monoisotopic (exact) mass is 193 g/mol. The Hall–Kier alpha value is -1.35. The van der Waals surface area contributed by atoms with Crippen LogP contribution in [0.5, 0.6) is 0 Å². The lowest BCUT2D eigenvalue weighted by Crippen LogP contribution is -2.20. The average Bonchev–Trinajstić information content (AvgIpc) is 2.20. The molecule has 3 nitrogen and oxygen atoms in total. The second-order valence-electron chi connectivity index (χ2n) is 3.53. The molecule has 0 radical (unpaired) electrons. The van der Waals surface area contributed by atoms with Crippen LogP contribution in [0, 0.1) is 12.8 Å². The fraction of sp³-hybridized carbons (Fsp3) is 0.364. The van der Waals surface area contributed by atoms with Crippen molar-refractivity contribution in [3.05, 3.63) is 35.4 Å². The fourth-order valence-electron chi connectivity index (χ4n) is 1.28. The van der Waals surface area contributed by atoms with Gasteiger partial charge >= 0.3 is 5.97 Å². The Bertz CT molecular complexity index is 306. The zero-order valence-electron chi connectivity index (χ0n) is 8.49. The normalized spacial score (nSPS) is 12.2. The molecule has 0 aromatic heterocycles. The molecule has 76 valence electrons. The highest BCUT2D eigenvalue weighted by Crippen LogP contribution is 2.10. The Morgan fingerprint density at radius 1 is 1.43 bits per heavy atom. The highest BCUT2D eigenvalue weighted by molar-refractivity contribution is 5.71. The van der Waals surface area contributed by atoms with E-state index >= 15 is 0 Å². The third-order valence-electron chi connectivity index (χ3n) is 2.18. The van der Waals surface area contributed by atoms with E-state index in [1.165, 1.54) is 5.56 Å². The number of benzene rings is 1. The highest BCUT2D eigenvalue weighted by atomic mass is 16.7. The zero-order chi connectivity index (χ0) is 10.6. The molecule has 0 saturated carbocycles. The number of carbonyl (C=O) groups excluding carboxylic acids is 1. The number of carbonyl (C=O) groups is 1. The van der Waals surface area contributed by atoms with Gasteiger partial charge in [-0.25, -0.2) is 0 Å². The van der Waals surface area contributed by atoms with Crippen molar-refractivity contribution < 1.29 is 9.63 Å². The number of rotatable bonds is 3. The van der Waals surface area contributed by atoms with Crippen LogP contribution >= 0.6 is 0 Å². The van der Waals surface area contributed by atoms with Crippen molar-refractivity contribution in [2.24, 2.45) is 11.8 Å². The molecule has 0 aliphatic heterocycles. The first-order valence-corrected chi connectivity index (χ1v) is 4.59. The van der Waals surface area contributed by atoms with Crippen molar-refractivity contribution in [2.75, 3.05) is 0 Å². The molecule has 0 aliphatic carbocycles. The molecular weight excluding hydrogens is 178 g/mol. The molecule has 0 spiro atoms. The largest absolute Gasteiger partial charge is 0.373 e. The summed E-state index contributed by atoms with van der Waals surface area (Å²) in [5, 5.41) is 0. The Morgan fingerprint density at radius 3 is 2.50 bits per heavy atom. The minimum absolute atomic E-state index is 0.192. The first-order chi connectivity index (χ1) is 6.63. The van der Waals surface area contributed by atoms with E-state index < -0.39 is 0 Å². The van der Waals surface area contributed by atoms with Crippen LogP contribution in [0.3, 0.4) is 0 Å². The molecule has 0 saturated heterocycles. The fourth-order valence-corrected chi connectivity index (χ4v) is 1.28. The predicted octanol–water partition coefficient (Wildman–Crippen LogP) is 1.59. The molecule has 1 aromatic carbocycles. The van der Waals surface area contributed by atoms with Crippen molar-refractivity contribution in [2.45, 2.75) is 20.3 Å². The molecule has 1 aromatic rings. The SMILES string of the molecule is Cc1ccc(CC(C)C(=O)ON)cc1. The molecule has 0 aliphatic rings. The van der Waals surface area contributed by atoms with Gasteiger partial charge in [-0.1, -0.05) is 36.8 Å². The smallest absolute Gasteiger partial charge is 0.327 e. The van der Waals surface area contributed by atoms with Gasteiger partial charge in [-0.3, -0.25) is 4.79 Å². The Labute approximate surface area is 83.8 Å². The van der Waals surface area contributed by atoms with Crippen LogP contribution in [0.15, 0.2) is 24.3 Å². The minimum Gasteiger partial charge on any atom is -0.373 e. The maximum atomic E-state index is 11.0. The first kappa shape index (κ1) is 10.7. The van der Waals surface area contributed by atoms with Crippen molar-refractivity contribution in [1.29, 1.82) is 0 Å². The van der Waals surface area contributed by atoms with Gasteiger partial charge in [-0.2, -0.15) is 5.90 Å². The third-order valence-corrected chi connectivity index (χ3v) is 2.18. The molecule has 0 bridgehead atoms. The number of nitrogens with two attached hydrogens (primary N) is 1. The molecule has 14 heavy (non-hydrogen) atoms. The van der Waals surface area contributed by atoms with Gasteiger partial charge in [-0.15, -0.1) is 0 Å². The second-order valence-corrected chi connectivity index (χ2v) is 3.53. The van der Waals surface area contributed by atoms with Gasteiger partial charge in [0.25, 0.3) is 0 Å². The van der Waals surface area contributed by atoms with Crippen LogP contribution in [-0.4, -0.2) is 5.97 Å². The van der Waals surface area contributed by atoms with Crippen LogP contribution in [0.2, 0.25) is 0 Å². The summed E-state index contributed by atoms with van der Waals surface area (Å²) in [7, 11) is 0. The molecule has 1 unspecified atom stereocenters. The molecule has 3 heteroatoms. The summed E-state index contributed by atoms with van der Waals surface area (Å²) >= 11 is 0. The van der Waals surface area contributed by atoms with E-state index in [0.717, 1.165) is 5.56 Å². The Morgan fingerprint density at radius 2 is 2.00 bits per heavy atom. The van der Waals surface area contributed by atoms with E-state index in [9.17, 15) is 4.79 Å². The third kappa shape index (κ3) is 2.85. The van der Waals surface area contributed by atoms with Crippen LogP contribution in [0.1, 0.15) is 18.1 Å². The first-order valence-electron chi connectivity index (χ1n) is 4.59. The Kier molecular flexibility index (Phi) is 3.65. The van der Waals surface area contributed by atoms with E-state index in [0.29, 0.717) is 6.42 Å². The quantitative estimate of drug-likeness (QED) is 0.742. The number of aryl methyl sites for hydroxylation is 1. The molecular formula is C11H15NO2. The number of hydrogen-bond donors (Lipinski definition) is 1. The van der Waals surface area contributed by atoms with Gasteiger partial charge in [0.05, 0.1) is 5.92 Å². The molecule has 0 fully saturated rings. The number of hydrogen-bond acceptors (Lipinski definition) is 3. The molecule has 0 amide bonds. The average molecular weight is 193 g/mol. The van der Waals surface area contributed by atoms with Gasteiger partial charge in [0, 0.05) is 0 Å². The van der Waals surface area contributed by atoms with E-state index in [4.69, 9.17) is 5.90 Å². The van der Waals surface area contributed by atoms with Crippen LogP contribution in [-0.2, 0) is 16.1 Å². The van der Waals surface area contributed by atoms with E-state index in [1.54, 1.807) is 6.92 Å². The lowest BCUT2D eigenvalue weighted by Gasteiger charge is -2.08. The summed E-state index contributed by atoms with van der Waals surface area (Å²) in [6.07, 6.45) is 0.663. The van der Waals surface area contributed by atoms with Crippen molar-refractivity contribution in [3.63, 3.8) is 0 Å².